The predicted molar refractivity (Wildman–Crippen MR) is 58.8 cm³/mol. The number of rotatable bonds is 1. The molecule has 2 N–H and O–H groups in total. The lowest BCUT2D eigenvalue weighted by Gasteiger charge is -2.05. The molecule has 0 amide bonds. The van der Waals surface area contributed by atoms with Gasteiger partial charge in [-0.1, -0.05) is 12.1 Å². The number of hydrogen-bond donors (Lipinski definition) is 1. The summed E-state index contributed by atoms with van der Waals surface area (Å²) in [7, 11) is 0. The molecule has 0 bridgehead atoms. The van der Waals surface area contributed by atoms with E-state index in [9.17, 15) is 0 Å². The van der Waals surface area contributed by atoms with E-state index in [2.05, 4.69) is 11.1 Å². The van der Waals surface area contributed by atoms with Crippen molar-refractivity contribution in [3.05, 3.63) is 48.3 Å². The van der Waals surface area contributed by atoms with Crippen molar-refractivity contribution < 1.29 is 0 Å². The van der Waals surface area contributed by atoms with Gasteiger partial charge in [0, 0.05) is 23.6 Å². The van der Waals surface area contributed by atoms with Crippen LogP contribution >= 0.6 is 0 Å². The number of pyridine rings is 1. The summed E-state index contributed by atoms with van der Waals surface area (Å²) in [5, 5.41) is 0. The Labute approximate surface area is 83.4 Å². The van der Waals surface area contributed by atoms with E-state index in [1.165, 1.54) is 5.56 Å². The first-order chi connectivity index (χ1) is 6.77. The third kappa shape index (κ3) is 1.59. The van der Waals surface area contributed by atoms with E-state index in [-0.39, 0.29) is 0 Å². The van der Waals surface area contributed by atoms with Crippen LogP contribution in [0.5, 0.6) is 0 Å². The van der Waals surface area contributed by atoms with Crippen LogP contribution in [0.3, 0.4) is 0 Å². The van der Waals surface area contributed by atoms with Crippen LogP contribution in [-0.4, -0.2) is 4.98 Å². The number of nitrogens with two attached hydrogens (primary N) is 1. The molecule has 0 radical (unpaired) electrons. The minimum atomic E-state index is 0.816. The monoisotopic (exact) mass is 184 g/mol. The second-order valence-electron chi connectivity index (χ2n) is 3.33. The fraction of sp³-hybridized carbons (Fsp3) is 0.0833. The Kier molecular flexibility index (Phi) is 2.19. The molecule has 0 unspecified atom stereocenters. The van der Waals surface area contributed by atoms with Gasteiger partial charge in [0.25, 0.3) is 0 Å². The average Bonchev–Trinajstić information content (AvgIpc) is 2.19. The minimum absolute atomic E-state index is 0.816. The van der Waals surface area contributed by atoms with Crippen molar-refractivity contribution in [1.29, 1.82) is 0 Å². The molecule has 0 spiro atoms. The van der Waals surface area contributed by atoms with E-state index in [0.29, 0.717) is 0 Å². The summed E-state index contributed by atoms with van der Waals surface area (Å²) in [5.74, 6) is 0. The first-order valence-electron chi connectivity index (χ1n) is 4.54. The summed E-state index contributed by atoms with van der Waals surface area (Å²) >= 11 is 0. The van der Waals surface area contributed by atoms with Crippen LogP contribution in [-0.2, 0) is 0 Å². The molecule has 2 heteroatoms. The quantitative estimate of drug-likeness (QED) is 0.692. The number of benzene rings is 1. The lowest BCUT2D eigenvalue weighted by molar-refractivity contribution is 1.33. The molecule has 2 nitrogen and oxygen atoms in total. The molecule has 70 valence electrons. The molecule has 0 fully saturated rings. The van der Waals surface area contributed by atoms with Gasteiger partial charge in [-0.2, -0.15) is 0 Å². The van der Waals surface area contributed by atoms with Crippen molar-refractivity contribution in [3.63, 3.8) is 0 Å². The van der Waals surface area contributed by atoms with Crippen molar-refractivity contribution in [2.24, 2.45) is 0 Å². The maximum absolute atomic E-state index is 5.93. The Morgan fingerprint density at radius 3 is 2.43 bits per heavy atom. The number of aryl methyl sites for hydroxylation is 1. The second-order valence-corrected chi connectivity index (χ2v) is 3.33. The minimum Gasteiger partial charge on any atom is -0.398 e. The van der Waals surface area contributed by atoms with Gasteiger partial charge >= 0.3 is 0 Å². The lowest BCUT2D eigenvalue weighted by atomic mass is 10.0. The fourth-order valence-corrected chi connectivity index (χ4v) is 1.48. The van der Waals surface area contributed by atoms with E-state index in [1.807, 2.05) is 31.2 Å². The van der Waals surface area contributed by atoms with E-state index in [1.54, 1.807) is 12.4 Å². The molecule has 0 saturated heterocycles. The van der Waals surface area contributed by atoms with Gasteiger partial charge in [0.15, 0.2) is 0 Å². The summed E-state index contributed by atoms with van der Waals surface area (Å²) in [5.41, 5.74) is 10.1. The van der Waals surface area contributed by atoms with Crippen molar-refractivity contribution in [1.82, 2.24) is 4.98 Å². The Morgan fingerprint density at radius 2 is 1.79 bits per heavy atom. The summed E-state index contributed by atoms with van der Waals surface area (Å²) in [4.78, 5) is 3.98. The van der Waals surface area contributed by atoms with E-state index in [4.69, 9.17) is 5.73 Å². The van der Waals surface area contributed by atoms with Crippen molar-refractivity contribution in [2.45, 2.75) is 6.92 Å². The zero-order chi connectivity index (χ0) is 9.97. The van der Waals surface area contributed by atoms with Gasteiger partial charge in [-0.25, -0.2) is 0 Å². The van der Waals surface area contributed by atoms with E-state index < -0.39 is 0 Å². The number of nitrogen functional groups attached to an aromatic ring is 1. The molecule has 0 aliphatic heterocycles. The molecule has 2 aromatic rings. The Bertz CT molecular complexity index is 435. The summed E-state index contributed by atoms with van der Waals surface area (Å²) in [6.45, 7) is 2.03. The summed E-state index contributed by atoms with van der Waals surface area (Å²) < 4.78 is 0. The van der Waals surface area contributed by atoms with Crippen LogP contribution in [0, 0.1) is 6.92 Å². The molecule has 0 atom stereocenters. The SMILES string of the molecule is Cc1ccc(-c2ccncc2)c(N)c1. The summed E-state index contributed by atoms with van der Waals surface area (Å²) in [6, 6.07) is 10.0. The third-order valence-electron chi connectivity index (χ3n) is 2.20. The standard InChI is InChI=1S/C12H12N2/c1-9-2-3-11(12(13)8-9)10-4-6-14-7-5-10/h2-8H,13H2,1H3. The highest BCUT2D eigenvalue weighted by Gasteiger charge is 2.01. The van der Waals surface area contributed by atoms with Gasteiger partial charge in [-0.05, 0) is 36.2 Å². The van der Waals surface area contributed by atoms with Gasteiger partial charge in [-0.3, -0.25) is 4.98 Å². The molecule has 1 heterocycles. The van der Waals surface area contributed by atoms with Gasteiger partial charge in [0.2, 0.25) is 0 Å². The van der Waals surface area contributed by atoms with Crippen molar-refractivity contribution >= 4 is 5.69 Å². The summed E-state index contributed by atoms with van der Waals surface area (Å²) in [6.07, 6.45) is 3.54. The van der Waals surface area contributed by atoms with Gasteiger partial charge in [0.05, 0.1) is 0 Å². The number of aromatic nitrogens is 1. The average molecular weight is 184 g/mol. The lowest BCUT2D eigenvalue weighted by Crippen LogP contribution is -1.90. The van der Waals surface area contributed by atoms with Crippen LogP contribution in [0.25, 0.3) is 11.1 Å². The molecule has 0 aliphatic rings. The van der Waals surface area contributed by atoms with Gasteiger partial charge in [0.1, 0.15) is 0 Å². The Morgan fingerprint density at radius 1 is 1.07 bits per heavy atom. The molecule has 0 aliphatic carbocycles. The molecular weight excluding hydrogens is 172 g/mol. The van der Waals surface area contributed by atoms with Crippen LogP contribution in [0.1, 0.15) is 5.56 Å². The second kappa shape index (κ2) is 3.50. The van der Waals surface area contributed by atoms with Gasteiger partial charge in [-0.15, -0.1) is 0 Å². The number of anilines is 1. The van der Waals surface area contributed by atoms with Crippen LogP contribution in [0.2, 0.25) is 0 Å². The molecule has 0 saturated carbocycles. The van der Waals surface area contributed by atoms with Gasteiger partial charge < -0.3 is 5.73 Å². The third-order valence-corrected chi connectivity index (χ3v) is 2.20. The van der Waals surface area contributed by atoms with Crippen LogP contribution in [0.15, 0.2) is 42.7 Å². The maximum atomic E-state index is 5.93. The first kappa shape index (κ1) is 8.75. The highest BCUT2D eigenvalue weighted by molar-refractivity contribution is 5.76. The van der Waals surface area contributed by atoms with E-state index >= 15 is 0 Å². The maximum Gasteiger partial charge on any atom is 0.0396 e. The zero-order valence-electron chi connectivity index (χ0n) is 8.07. The highest BCUT2D eigenvalue weighted by Crippen LogP contribution is 2.25. The molecule has 2 rings (SSSR count). The van der Waals surface area contributed by atoms with E-state index in [0.717, 1.165) is 16.8 Å². The largest absolute Gasteiger partial charge is 0.398 e. The highest BCUT2D eigenvalue weighted by atomic mass is 14.6. The molecule has 1 aromatic carbocycles. The Hall–Kier alpha value is -1.83. The Balaban J connectivity index is 2.53. The topological polar surface area (TPSA) is 38.9 Å². The fourth-order valence-electron chi connectivity index (χ4n) is 1.48. The van der Waals surface area contributed by atoms with Crippen LogP contribution in [0.4, 0.5) is 5.69 Å². The van der Waals surface area contributed by atoms with Crippen LogP contribution < -0.4 is 5.73 Å². The van der Waals surface area contributed by atoms with Crippen molar-refractivity contribution in [3.8, 4) is 11.1 Å². The number of nitrogens with zero attached hydrogens (tertiary/aromatic N) is 1. The molecular formula is C12H12N2. The molecule has 1 aromatic heterocycles. The normalized spacial score (nSPS) is 10.1. The first-order valence-corrected chi connectivity index (χ1v) is 4.54. The van der Waals surface area contributed by atoms with Crippen molar-refractivity contribution in [2.75, 3.05) is 5.73 Å². The predicted octanol–water partition coefficient (Wildman–Crippen LogP) is 2.64. The molecule has 14 heavy (non-hydrogen) atoms. The zero-order valence-corrected chi connectivity index (χ0v) is 8.07. The smallest absolute Gasteiger partial charge is 0.0396 e. The number of hydrogen-bond acceptors (Lipinski definition) is 2.